The van der Waals surface area contributed by atoms with Gasteiger partial charge < -0.3 is 25.6 Å². The summed E-state index contributed by atoms with van der Waals surface area (Å²) in [6.45, 7) is 0. The van der Waals surface area contributed by atoms with Crippen molar-refractivity contribution in [1.82, 2.24) is 10.2 Å². The topological polar surface area (TPSA) is 91.4 Å². The number of urea groups is 1. The molecular formula is C20H19F3N6O2. The minimum absolute atomic E-state index is 0.116. The largest absolute Gasteiger partial charge is 0.573 e. The number of hydrogen-bond acceptors (Lipinski definition) is 6. The second-order valence-electron chi connectivity index (χ2n) is 6.52. The van der Waals surface area contributed by atoms with Crippen molar-refractivity contribution in [1.29, 1.82) is 0 Å². The molecule has 8 nitrogen and oxygen atoms in total. The molecule has 0 spiro atoms. The molecule has 0 aliphatic carbocycles. The summed E-state index contributed by atoms with van der Waals surface area (Å²) in [6.07, 6.45) is -3.23. The number of aromatic nitrogens is 2. The number of carbonyl (C=O) groups is 1. The van der Waals surface area contributed by atoms with Crippen LogP contribution in [0.4, 0.5) is 46.5 Å². The van der Waals surface area contributed by atoms with Crippen LogP contribution in [-0.4, -0.2) is 36.7 Å². The van der Waals surface area contributed by atoms with Crippen molar-refractivity contribution in [3.05, 3.63) is 60.8 Å². The first-order chi connectivity index (χ1) is 14.7. The van der Waals surface area contributed by atoms with Crippen molar-refractivity contribution in [3.8, 4) is 5.75 Å². The van der Waals surface area contributed by atoms with Gasteiger partial charge in [0.15, 0.2) is 11.6 Å². The summed E-state index contributed by atoms with van der Waals surface area (Å²) < 4.78 is 41.4. The van der Waals surface area contributed by atoms with Crippen molar-refractivity contribution >= 4 is 34.6 Å². The molecule has 3 aromatic rings. The Morgan fingerprint density at radius 2 is 1.68 bits per heavy atom. The minimum Gasteiger partial charge on any atom is -0.404 e. The average molecular weight is 432 g/mol. The lowest BCUT2D eigenvalue weighted by atomic mass is 10.2. The smallest absolute Gasteiger partial charge is 0.404 e. The van der Waals surface area contributed by atoms with E-state index in [0.29, 0.717) is 17.2 Å². The lowest BCUT2D eigenvalue weighted by Gasteiger charge is -2.14. The number of ether oxygens (including phenoxy) is 1. The summed E-state index contributed by atoms with van der Waals surface area (Å²) in [6, 6.07) is 13.0. The number of nitrogens with zero attached hydrogens (tertiary/aromatic N) is 3. The zero-order valence-corrected chi connectivity index (χ0v) is 16.6. The highest BCUT2D eigenvalue weighted by Crippen LogP contribution is 2.30. The van der Waals surface area contributed by atoms with Crippen LogP contribution in [0.1, 0.15) is 0 Å². The predicted molar refractivity (Wildman–Crippen MR) is 112 cm³/mol. The first kappa shape index (κ1) is 21.7. The number of alkyl halides is 3. The van der Waals surface area contributed by atoms with Crippen LogP contribution in [0.25, 0.3) is 0 Å². The van der Waals surface area contributed by atoms with Crippen LogP contribution in [0, 0.1) is 0 Å². The zero-order valence-electron chi connectivity index (χ0n) is 16.6. The zero-order chi connectivity index (χ0) is 22.4. The van der Waals surface area contributed by atoms with E-state index in [4.69, 9.17) is 0 Å². The second-order valence-corrected chi connectivity index (χ2v) is 6.52. The molecule has 1 aromatic heterocycles. The van der Waals surface area contributed by atoms with Gasteiger partial charge in [0.1, 0.15) is 0 Å². The highest BCUT2D eigenvalue weighted by Gasteiger charge is 2.32. The van der Waals surface area contributed by atoms with E-state index in [1.165, 1.54) is 18.2 Å². The lowest BCUT2D eigenvalue weighted by Crippen LogP contribution is -2.22. The molecule has 0 fully saturated rings. The van der Waals surface area contributed by atoms with E-state index >= 15 is 0 Å². The normalized spacial score (nSPS) is 10.9. The molecule has 0 atom stereocenters. The molecule has 0 saturated heterocycles. The Labute approximate surface area is 176 Å². The molecule has 3 N–H and O–H groups in total. The van der Waals surface area contributed by atoms with Crippen molar-refractivity contribution in [3.63, 3.8) is 0 Å². The molecule has 0 bridgehead atoms. The van der Waals surface area contributed by atoms with Gasteiger partial charge in [0, 0.05) is 31.5 Å². The number of halogens is 3. The molecule has 162 valence electrons. The van der Waals surface area contributed by atoms with E-state index in [1.807, 2.05) is 25.1 Å². The number of amides is 2. The summed E-state index contributed by atoms with van der Waals surface area (Å²) in [5, 5.41) is 15.9. The lowest BCUT2D eigenvalue weighted by molar-refractivity contribution is -0.274. The molecule has 3 rings (SSSR count). The number of benzene rings is 2. The van der Waals surface area contributed by atoms with Crippen molar-refractivity contribution in [2.75, 3.05) is 34.9 Å². The maximum Gasteiger partial charge on any atom is 0.573 e. The molecule has 1 heterocycles. The Balaban J connectivity index is 1.61. The summed E-state index contributed by atoms with van der Waals surface area (Å²) in [4.78, 5) is 14.1. The Kier molecular flexibility index (Phi) is 6.43. The van der Waals surface area contributed by atoms with Gasteiger partial charge in [-0.25, -0.2) is 4.79 Å². The van der Waals surface area contributed by atoms with Crippen LogP contribution in [0.5, 0.6) is 5.75 Å². The Morgan fingerprint density at radius 3 is 2.35 bits per heavy atom. The average Bonchev–Trinajstić information content (AvgIpc) is 2.70. The Bertz CT molecular complexity index is 1040. The summed E-state index contributed by atoms with van der Waals surface area (Å²) >= 11 is 0. The number of rotatable bonds is 6. The Hall–Kier alpha value is -4.02. The van der Waals surface area contributed by atoms with Crippen LogP contribution in [0.3, 0.4) is 0 Å². The third-order valence-electron chi connectivity index (χ3n) is 3.93. The van der Waals surface area contributed by atoms with E-state index in [2.05, 4.69) is 30.9 Å². The first-order valence-corrected chi connectivity index (χ1v) is 8.99. The van der Waals surface area contributed by atoms with Gasteiger partial charge in [0.2, 0.25) is 0 Å². The highest BCUT2D eigenvalue weighted by atomic mass is 19.4. The monoisotopic (exact) mass is 432 g/mol. The van der Waals surface area contributed by atoms with Gasteiger partial charge in [0.25, 0.3) is 0 Å². The fraction of sp³-hybridized carbons (Fsp3) is 0.150. The molecule has 0 saturated carbocycles. The van der Waals surface area contributed by atoms with Crippen LogP contribution in [-0.2, 0) is 0 Å². The van der Waals surface area contributed by atoms with Gasteiger partial charge in [-0.2, -0.15) is 5.10 Å². The van der Waals surface area contributed by atoms with E-state index in [0.717, 1.165) is 11.8 Å². The van der Waals surface area contributed by atoms with Gasteiger partial charge in [-0.05, 0) is 36.4 Å². The van der Waals surface area contributed by atoms with E-state index in [-0.39, 0.29) is 5.69 Å². The maximum atomic E-state index is 12.5. The SMILES string of the molecule is CN(C)c1cnnc(Nc2ccc(NC(=O)Nc3ccccc3OC(F)(F)F)cc2)c1. The fourth-order valence-electron chi connectivity index (χ4n) is 2.52. The van der Waals surface area contributed by atoms with Crippen LogP contribution >= 0.6 is 0 Å². The fourth-order valence-corrected chi connectivity index (χ4v) is 2.52. The van der Waals surface area contributed by atoms with Gasteiger partial charge in [-0.3, -0.25) is 0 Å². The predicted octanol–water partition coefficient (Wildman–Crippen LogP) is 4.83. The van der Waals surface area contributed by atoms with E-state index < -0.39 is 18.1 Å². The van der Waals surface area contributed by atoms with E-state index in [9.17, 15) is 18.0 Å². The molecule has 0 aliphatic heterocycles. The quantitative estimate of drug-likeness (QED) is 0.517. The first-order valence-electron chi connectivity index (χ1n) is 8.99. The molecule has 0 unspecified atom stereocenters. The highest BCUT2D eigenvalue weighted by molar-refractivity contribution is 6.00. The van der Waals surface area contributed by atoms with Gasteiger partial charge in [-0.1, -0.05) is 12.1 Å². The summed E-state index contributed by atoms with van der Waals surface area (Å²) in [7, 11) is 3.78. The third-order valence-corrected chi connectivity index (χ3v) is 3.93. The maximum absolute atomic E-state index is 12.5. The molecular weight excluding hydrogens is 413 g/mol. The minimum atomic E-state index is -4.87. The van der Waals surface area contributed by atoms with Crippen LogP contribution in [0.2, 0.25) is 0 Å². The van der Waals surface area contributed by atoms with Gasteiger partial charge in [0.05, 0.1) is 17.6 Å². The Morgan fingerprint density at radius 1 is 1.00 bits per heavy atom. The number of carbonyl (C=O) groups excluding carboxylic acids is 1. The van der Waals surface area contributed by atoms with Crippen molar-refractivity contribution in [2.45, 2.75) is 6.36 Å². The molecule has 0 aliphatic rings. The van der Waals surface area contributed by atoms with Crippen molar-refractivity contribution < 1.29 is 22.7 Å². The number of para-hydroxylation sites is 2. The third kappa shape index (κ3) is 6.49. The van der Waals surface area contributed by atoms with E-state index in [1.54, 1.807) is 30.5 Å². The number of nitrogens with one attached hydrogen (secondary N) is 3. The summed E-state index contributed by atoms with van der Waals surface area (Å²) in [5.41, 5.74) is 1.91. The second kappa shape index (κ2) is 9.20. The van der Waals surface area contributed by atoms with Gasteiger partial charge >= 0.3 is 12.4 Å². The molecule has 0 radical (unpaired) electrons. The van der Waals surface area contributed by atoms with Crippen LogP contribution < -0.4 is 25.6 Å². The molecule has 31 heavy (non-hydrogen) atoms. The van der Waals surface area contributed by atoms with Gasteiger partial charge in [-0.15, -0.1) is 18.3 Å². The molecule has 11 heteroatoms. The van der Waals surface area contributed by atoms with Crippen LogP contribution in [0.15, 0.2) is 60.8 Å². The number of hydrogen-bond donors (Lipinski definition) is 3. The van der Waals surface area contributed by atoms with Crippen molar-refractivity contribution in [2.24, 2.45) is 0 Å². The standard InChI is InChI=1S/C20H19F3N6O2/c1-29(2)15-11-18(28-24-12-15)25-13-7-9-14(10-8-13)26-19(30)27-16-5-3-4-6-17(16)31-20(21,22)23/h3-12H,1-2H3,(H,25,28)(H2,26,27,30). The summed E-state index contributed by atoms with van der Waals surface area (Å²) in [5.74, 6) is 0.0386. The number of anilines is 5. The molecule has 2 aromatic carbocycles. The molecule has 2 amide bonds.